The average Bonchev–Trinajstić information content (AvgIpc) is 2.39. The van der Waals surface area contributed by atoms with E-state index in [-0.39, 0.29) is 0 Å². The van der Waals surface area contributed by atoms with Crippen molar-refractivity contribution < 1.29 is 4.74 Å². The number of hydrogen-bond acceptors (Lipinski definition) is 2. The van der Waals surface area contributed by atoms with Gasteiger partial charge in [0.2, 0.25) is 0 Å². The Kier molecular flexibility index (Phi) is 3.87. The predicted molar refractivity (Wildman–Crippen MR) is 46.7 cm³/mol. The Morgan fingerprint density at radius 1 is 1.55 bits per heavy atom. The van der Waals surface area contributed by atoms with E-state index in [0.717, 1.165) is 13.2 Å². The Hall–Kier alpha value is -0.0800. The van der Waals surface area contributed by atoms with Gasteiger partial charge in [0.05, 0.1) is 6.61 Å². The molecule has 66 valence electrons. The Bertz CT molecular complexity index is 97.7. The van der Waals surface area contributed by atoms with Gasteiger partial charge in [-0.3, -0.25) is 0 Å². The monoisotopic (exact) mass is 157 g/mol. The third-order valence-electron chi connectivity index (χ3n) is 1.93. The zero-order valence-corrected chi connectivity index (χ0v) is 7.60. The molecule has 0 amide bonds. The molecule has 1 fully saturated rings. The molecule has 2 heteroatoms. The van der Waals surface area contributed by atoms with E-state index < -0.39 is 0 Å². The van der Waals surface area contributed by atoms with E-state index in [0.29, 0.717) is 12.0 Å². The highest BCUT2D eigenvalue weighted by molar-refractivity contribution is 4.73. The van der Waals surface area contributed by atoms with E-state index in [1.54, 1.807) is 0 Å². The van der Waals surface area contributed by atoms with E-state index in [9.17, 15) is 0 Å². The lowest BCUT2D eigenvalue weighted by Gasteiger charge is -2.11. The van der Waals surface area contributed by atoms with Crippen LogP contribution in [-0.2, 0) is 4.74 Å². The van der Waals surface area contributed by atoms with Gasteiger partial charge in [-0.1, -0.05) is 13.8 Å². The van der Waals surface area contributed by atoms with Crippen molar-refractivity contribution >= 4 is 0 Å². The lowest BCUT2D eigenvalue weighted by atomic mass is 10.2. The van der Waals surface area contributed by atoms with Crippen molar-refractivity contribution in [1.29, 1.82) is 0 Å². The minimum atomic E-state index is 0.633. The second-order valence-electron chi connectivity index (χ2n) is 3.72. The van der Waals surface area contributed by atoms with E-state index in [4.69, 9.17) is 4.74 Å². The van der Waals surface area contributed by atoms with Gasteiger partial charge < -0.3 is 10.1 Å². The first-order chi connectivity index (χ1) is 5.29. The summed E-state index contributed by atoms with van der Waals surface area (Å²) in [6, 6.07) is 0.633. The van der Waals surface area contributed by atoms with E-state index in [2.05, 4.69) is 19.2 Å². The van der Waals surface area contributed by atoms with Gasteiger partial charge in [0.15, 0.2) is 0 Å². The Morgan fingerprint density at radius 3 is 2.91 bits per heavy atom. The van der Waals surface area contributed by atoms with Crippen LogP contribution in [0, 0.1) is 5.92 Å². The summed E-state index contributed by atoms with van der Waals surface area (Å²) < 4.78 is 5.52. The van der Waals surface area contributed by atoms with Crippen LogP contribution in [0.25, 0.3) is 0 Å². The van der Waals surface area contributed by atoms with Crippen molar-refractivity contribution in [2.24, 2.45) is 5.92 Å². The van der Waals surface area contributed by atoms with Gasteiger partial charge in [0.25, 0.3) is 0 Å². The maximum absolute atomic E-state index is 5.52. The molecule has 1 heterocycles. The van der Waals surface area contributed by atoms with Crippen molar-refractivity contribution in [3.05, 3.63) is 0 Å². The molecule has 1 rings (SSSR count). The molecule has 0 bridgehead atoms. The number of hydrogen-bond donors (Lipinski definition) is 1. The average molecular weight is 157 g/mol. The molecule has 2 nitrogen and oxygen atoms in total. The van der Waals surface area contributed by atoms with Crippen molar-refractivity contribution in [2.45, 2.75) is 32.7 Å². The van der Waals surface area contributed by atoms with Crippen LogP contribution in [0.15, 0.2) is 0 Å². The maximum atomic E-state index is 5.52. The molecule has 0 spiro atoms. The van der Waals surface area contributed by atoms with E-state index >= 15 is 0 Å². The zero-order chi connectivity index (χ0) is 8.10. The van der Waals surface area contributed by atoms with Crippen LogP contribution in [0.1, 0.15) is 26.7 Å². The molecule has 0 saturated carbocycles. The van der Waals surface area contributed by atoms with Crippen molar-refractivity contribution in [1.82, 2.24) is 5.32 Å². The smallest absolute Gasteiger partial charge is 0.0619 e. The van der Waals surface area contributed by atoms with Gasteiger partial charge in [0, 0.05) is 12.6 Å². The van der Waals surface area contributed by atoms with Crippen LogP contribution in [0.5, 0.6) is 0 Å². The lowest BCUT2D eigenvalue weighted by molar-refractivity contribution is 0.0943. The van der Waals surface area contributed by atoms with Crippen molar-refractivity contribution in [2.75, 3.05) is 19.8 Å². The van der Waals surface area contributed by atoms with Gasteiger partial charge in [-0.2, -0.15) is 0 Å². The van der Waals surface area contributed by atoms with Gasteiger partial charge in [-0.25, -0.2) is 0 Å². The van der Waals surface area contributed by atoms with Crippen molar-refractivity contribution in [3.8, 4) is 0 Å². The minimum Gasteiger partial charge on any atom is -0.380 e. The third kappa shape index (κ3) is 3.73. The quantitative estimate of drug-likeness (QED) is 0.666. The minimum absolute atomic E-state index is 0.633. The van der Waals surface area contributed by atoms with Gasteiger partial charge >= 0.3 is 0 Å². The summed E-state index contributed by atoms with van der Waals surface area (Å²) in [6.07, 6.45) is 2.60. The molecule has 0 aromatic carbocycles. The van der Waals surface area contributed by atoms with Crippen molar-refractivity contribution in [3.63, 3.8) is 0 Å². The van der Waals surface area contributed by atoms with Gasteiger partial charge in [-0.05, 0) is 25.3 Å². The second-order valence-corrected chi connectivity index (χ2v) is 3.72. The van der Waals surface area contributed by atoms with Crippen LogP contribution in [0.2, 0.25) is 0 Å². The van der Waals surface area contributed by atoms with Crippen LogP contribution in [0.4, 0.5) is 0 Å². The first-order valence-electron chi connectivity index (χ1n) is 4.60. The van der Waals surface area contributed by atoms with Crippen LogP contribution >= 0.6 is 0 Å². The SMILES string of the molecule is CC(C)COC[C@@H]1CCCN1. The molecule has 1 saturated heterocycles. The van der Waals surface area contributed by atoms with E-state index in [1.807, 2.05) is 0 Å². The molecule has 0 unspecified atom stereocenters. The highest BCUT2D eigenvalue weighted by atomic mass is 16.5. The van der Waals surface area contributed by atoms with Crippen LogP contribution in [-0.4, -0.2) is 25.8 Å². The molecular formula is C9H19NO. The Morgan fingerprint density at radius 2 is 2.36 bits per heavy atom. The molecule has 11 heavy (non-hydrogen) atoms. The fraction of sp³-hybridized carbons (Fsp3) is 1.00. The molecule has 0 radical (unpaired) electrons. The lowest BCUT2D eigenvalue weighted by Crippen LogP contribution is -2.27. The summed E-state index contributed by atoms with van der Waals surface area (Å²) >= 11 is 0. The molecule has 0 aromatic heterocycles. The van der Waals surface area contributed by atoms with Gasteiger partial charge in [0.1, 0.15) is 0 Å². The third-order valence-corrected chi connectivity index (χ3v) is 1.93. The molecule has 1 aliphatic heterocycles. The van der Waals surface area contributed by atoms with E-state index in [1.165, 1.54) is 19.4 Å². The summed E-state index contributed by atoms with van der Waals surface area (Å²) in [6.45, 7) is 7.34. The summed E-state index contributed by atoms with van der Waals surface area (Å²) in [5, 5.41) is 3.41. The number of ether oxygens (including phenoxy) is 1. The summed E-state index contributed by atoms with van der Waals surface area (Å²) in [4.78, 5) is 0. The number of nitrogens with one attached hydrogen (secondary N) is 1. The fourth-order valence-corrected chi connectivity index (χ4v) is 1.34. The molecule has 1 aliphatic rings. The van der Waals surface area contributed by atoms with Crippen LogP contribution < -0.4 is 5.32 Å². The first kappa shape index (κ1) is 9.01. The molecular weight excluding hydrogens is 138 g/mol. The largest absolute Gasteiger partial charge is 0.380 e. The summed E-state index contributed by atoms with van der Waals surface area (Å²) in [7, 11) is 0. The molecule has 0 aromatic rings. The Balaban J connectivity index is 1.94. The fourth-order valence-electron chi connectivity index (χ4n) is 1.34. The molecule has 1 atom stereocenters. The molecule has 1 N–H and O–H groups in total. The summed E-state index contributed by atoms with van der Waals surface area (Å²) in [5.41, 5.74) is 0. The second kappa shape index (κ2) is 4.73. The standard InChI is InChI=1S/C9H19NO/c1-8(2)6-11-7-9-4-3-5-10-9/h8-10H,3-7H2,1-2H3/t9-/m0/s1. The zero-order valence-electron chi connectivity index (χ0n) is 7.60. The maximum Gasteiger partial charge on any atom is 0.0619 e. The summed E-state index contributed by atoms with van der Waals surface area (Å²) in [5.74, 6) is 0.663. The highest BCUT2D eigenvalue weighted by Crippen LogP contribution is 2.05. The number of rotatable bonds is 4. The van der Waals surface area contributed by atoms with Crippen LogP contribution in [0.3, 0.4) is 0 Å². The first-order valence-corrected chi connectivity index (χ1v) is 4.60. The predicted octanol–water partition coefficient (Wildman–Crippen LogP) is 1.41. The Labute approximate surface area is 69.3 Å². The topological polar surface area (TPSA) is 21.3 Å². The molecule has 0 aliphatic carbocycles. The van der Waals surface area contributed by atoms with Gasteiger partial charge in [-0.15, -0.1) is 0 Å². The normalized spacial score (nSPS) is 24.8. The highest BCUT2D eigenvalue weighted by Gasteiger charge is 2.13.